The molecule has 1 aliphatic carbocycles. The zero-order valence-electron chi connectivity index (χ0n) is 8.46. The van der Waals surface area contributed by atoms with E-state index in [9.17, 15) is 0 Å². The normalized spacial score (nSPS) is 44.2. The van der Waals surface area contributed by atoms with Gasteiger partial charge in [-0.3, -0.25) is 0 Å². The van der Waals surface area contributed by atoms with E-state index in [1.54, 1.807) is 0 Å². The topological polar surface area (TPSA) is 3.24 Å². The second-order valence-electron chi connectivity index (χ2n) is 4.50. The van der Waals surface area contributed by atoms with E-state index in [1.807, 2.05) is 0 Å². The summed E-state index contributed by atoms with van der Waals surface area (Å²) in [5.41, 5.74) is 0. The highest BCUT2D eigenvalue weighted by Crippen LogP contribution is 2.45. The van der Waals surface area contributed by atoms with E-state index in [1.165, 1.54) is 6.54 Å². The molecule has 0 aromatic rings. The maximum absolute atomic E-state index is 2.39. The minimum atomic E-state index is 0.937. The summed E-state index contributed by atoms with van der Waals surface area (Å²) in [5, 5.41) is 0. The third kappa shape index (κ3) is 1.58. The predicted octanol–water partition coefficient (Wildman–Crippen LogP) is 2.09. The van der Waals surface area contributed by atoms with Crippen molar-refractivity contribution < 1.29 is 0 Å². The van der Waals surface area contributed by atoms with Crippen molar-refractivity contribution in [3.05, 3.63) is 0 Å². The van der Waals surface area contributed by atoms with Gasteiger partial charge in [0.1, 0.15) is 0 Å². The molecule has 1 rings (SSSR count). The molecule has 66 valence electrons. The van der Waals surface area contributed by atoms with Gasteiger partial charge in [0.25, 0.3) is 0 Å². The third-order valence-electron chi connectivity index (χ3n) is 3.59. The van der Waals surface area contributed by atoms with Gasteiger partial charge in [0.05, 0.1) is 0 Å². The highest BCUT2D eigenvalue weighted by molar-refractivity contribution is 4.90. The second kappa shape index (κ2) is 3.14. The van der Waals surface area contributed by atoms with Gasteiger partial charge in [-0.25, -0.2) is 0 Å². The van der Waals surface area contributed by atoms with E-state index in [0.29, 0.717) is 0 Å². The average molecular weight is 155 g/mol. The fourth-order valence-electron chi connectivity index (χ4n) is 2.35. The number of nitrogens with zero attached hydrogens (tertiary/aromatic N) is 1. The lowest BCUT2D eigenvalue weighted by molar-refractivity contribution is -0.000950. The first-order chi connectivity index (χ1) is 5.04. The zero-order valence-corrected chi connectivity index (χ0v) is 8.46. The Morgan fingerprint density at radius 2 is 1.36 bits per heavy atom. The van der Waals surface area contributed by atoms with Crippen LogP contribution in [0.4, 0.5) is 0 Å². The standard InChI is InChI=1S/C10H21N/c1-7-8(2)10(9(7)3)6-11(4)5/h7-10H,6H2,1-5H3/t7?,8-,9?,10?/m0/s1. The summed E-state index contributed by atoms with van der Waals surface area (Å²) in [6.07, 6.45) is 0. The molecule has 0 saturated heterocycles. The molecule has 11 heavy (non-hydrogen) atoms. The molecule has 1 fully saturated rings. The van der Waals surface area contributed by atoms with Gasteiger partial charge in [-0.1, -0.05) is 20.8 Å². The first kappa shape index (κ1) is 9.05. The van der Waals surface area contributed by atoms with Crippen LogP contribution in [0.5, 0.6) is 0 Å². The van der Waals surface area contributed by atoms with Crippen molar-refractivity contribution in [2.75, 3.05) is 20.6 Å². The number of hydrogen-bond donors (Lipinski definition) is 0. The van der Waals surface area contributed by atoms with E-state index in [0.717, 1.165) is 23.7 Å². The van der Waals surface area contributed by atoms with Crippen molar-refractivity contribution in [1.29, 1.82) is 0 Å². The first-order valence-corrected chi connectivity index (χ1v) is 4.68. The molecule has 1 aliphatic rings. The van der Waals surface area contributed by atoms with Crippen molar-refractivity contribution in [3.8, 4) is 0 Å². The molecule has 0 bridgehead atoms. The van der Waals surface area contributed by atoms with Gasteiger partial charge in [-0.05, 0) is 37.8 Å². The summed E-state index contributed by atoms with van der Waals surface area (Å²) in [6, 6.07) is 0. The van der Waals surface area contributed by atoms with Gasteiger partial charge in [-0.2, -0.15) is 0 Å². The van der Waals surface area contributed by atoms with Crippen LogP contribution in [0.3, 0.4) is 0 Å². The summed E-state index contributed by atoms with van der Waals surface area (Å²) in [5.74, 6) is 3.76. The molecule has 0 aliphatic heterocycles. The SMILES string of the molecule is CC1C(C)[C@H](C)C1CN(C)C. The summed E-state index contributed by atoms with van der Waals surface area (Å²) < 4.78 is 0. The van der Waals surface area contributed by atoms with Crippen LogP contribution < -0.4 is 0 Å². The van der Waals surface area contributed by atoms with E-state index in [4.69, 9.17) is 0 Å². The Morgan fingerprint density at radius 3 is 1.73 bits per heavy atom. The minimum absolute atomic E-state index is 0.937. The Balaban J connectivity index is 2.37. The van der Waals surface area contributed by atoms with Crippen LogP contribution in [0.25, 0.3) is 0 Å². The molecule has 0 aromatic heterocycles. The maximum atomic E-state index is 2.39. The molecule has 1 heteroatoms. The van der Waals surface area contributed by atoms with E-state index >= 15 is 0 Å². The molecule has 0 amide bonds. The lowest BCUT2D eigenvalue weighted by Crippen LogP contribution is -2.46. The predicted molar refractivity (Wildman–Crippen MR) is 49.5 cm³/mol. The van der Waals surface area contributed by atoms with Crippen molar-refractivity contribution >= 4 is 0 Å². The van der Waals surface area contributed by atoms with E-state index in [2.05, 4.69) is 39.8 Å². The molecular formula is C10H21N. The van der Waals surface area contributed by atoms with Crippen LogP contribution in [0.1, 0.15) is 20.8 Å². The Morgan fingerprint density at radius 1 is 0.909 bits per heavy atom. The summed E-state index contributed by atoms with van der Waals surface area (Å²) in [4.78, 5) is 2.31. The van der Waals surface area contributed by atoms with E-state index < -0.39 is 0 Å². The molecule has 0 heterocycles. The monoisotopic (exact) mass is 155 g/mol. The van der Waals surface area contributed by atoms with Crippen LogP contribution in [0.2, 0.25) is 0 Å². The Kier molecular flexibility index (Phi) is 2.58. The molecule has 0 radical (unpaired) electrons. The van der Waals surface area contributed by atoms with Crippen LogP contribution in [-0.2, 0) is 0 Å². The number of hydrogen-bond acceptors (Lipinski definition) is 1. The smallest absolute Gasteiger partial charge is 0.000886 e. The summed E-state index contributed by atoms with van der Waals surface area (Å²) in [7, 11) is 4.34. The van der Waals surface area contributed by atoms with Crippen molar-refractivity contribution in [2.24, 2.45) is 23.7 Å². The molecular weight excluding hydrogens is 134 g/mol. The van der Waals surface area contributed by atoms with Gasteiger partial charge in [-0.15, -0.1) is 0 Å². The van der Waals surface area contributed by atoms with Crippen LogP contribution in [-0.4, -0.2) is 25.5 Å². The second-order valence-corrected chi connectivity index (χ2v) is 4.50. The lowest BCUT2D eigenvalue weighted by Gasteiger charge is -2.49. The molecule has 0 spiro atoms. The molecule has 0 N–H and O–H groups in total. The quantitative estimate of drug-likeness (QED) is 0.590. The average Bonchev–Trinajstić information content (AvgIpc) is 1.98. The molecule has 4 atom stereocenters. The lowest BCUT2D eigenvalue weighted by atomic mass is 9.59. The third-order valence-corrected chi connectivity index (χ3v) is 3.59. The van der Waals surface area contributed by atoms with Crippen LogP contribution >= 0.6 is 0 Å². The van der Waals surface area contributed by atoms with Crippen molar-refractivity contribution in [2.45, 2.75) is 20.8 Å². The van der Waals surface area contributed by atoms with E-state index in [-0.39, 0.29) is 0 Å². The summed E-state index contributed by atoms with van der Waals surface area (Å²) in [6.45, 7) is 8.42. The largest absolute Gasteiger partial charge is 0.309 e. The van der Waals surface area contributed by atoms with Gasteiger partial charge in [0.2, 0.25) is 0 Å². The minimum Gasteiger partial charge on any atom is -0.309 e. The Labute approximate surface area is 70.8 Å². The molecule has 0 aromatic carbocycles. The molecule has 3 unspecified atom stereocenters. The molecule has 1 saturated carbocycles. The Hall–Kier alpha value is -0.0400. The molecule has 1 nitrogen and oxygen atoms in total. The van der Waals surface area contributed by atoms with Crippen LogP contribution in [0.15, 0.2) is 0 Å². The summed E-state index contributed by atoms with van der Waals surface area (Å²) >= 11 is 0. The Bertz CT molecular complexity index is 121. The van der Waals surface area contributed by atoms with Crippen LogP contribution in [0, 0.1) is 23.7 Å². The van der Waals surface area contributed by atoms with Crippen molar-refractivity contribution in [1.82, 2.24) is 4.90 Å². The number of rotatable bonds is 2. The maximum Gasteiger partial charge on any atom is 0.000886 e. The first-order valence-electron chi connectivity index (χ1n) is 4.68. The van der Waals surface area contributed by atoms with Gasteiger partial charge in [0, 0.05) is 6.54 Å². The zero-order chi connectivity index (χ0) is 8.59. The van der Waals surface area contributed by atoms with Gasteiger partial charge >= 0.3 is 0 Å². The van der Waals surface area contributed by atoms with Gasteiger partial charge < -0.3 is 4.90 Å². The highest BCUT2D eigenvalue weighted by Gasteiger charge is 2.41. The highest BCUT2D eigenvalue weighted by atomic mass is 15.1. The fourth-order valence-corrected chi connectivity index (χ4v) is 2.35. The fraction of sp³-hybridized carbons (Fsp3) is 1.00. The van der Waals surface area contributed by atoms with Gasteiger partial charge in [0.15, 0.2) is 0 Å². The van der Waals surface area contributed by atoms with Crippen molar-refractivity contribution in [3.63, 3.8) is 0 Å².